The summed E-state index contributed by atoms with van der Waals surface area (Å²) in [5.74, 6) is 0.790. The first-order chi connectivity index (χ1) is 6.34. The fourth-order valence-corrected chi connectivity index (χ4v) is 1.86. The molecule has 1 heterocycles. The largest absolute Gasteiger partial charge is 0.378 e. The molecule has 0 aromatic rings. The summed E-state index contributed by atoms with van der Waals surface area (Å²) in [6.07, 6.45) is 5.48. The van der Waals surface area contributed by atoms with E-state index in [9.17, 15) is 0 Å². The van der Waals surface area contributed by atoms with Gasteiger partial charge in [-0.1, -0.05) is 13.3 Å². The Morgan fingerprint density at radius 2 is 2.08 bits per heavy atom. The molecule has 1 aliphatic heterocycles. The van der Waals surface area contributed by atoms with Crippen LogP contribution in [0.3, 0.4) is 0 Å². The Bertz CT molecular complexity index is 121. The van der Waals surface area contributed by atoms with Gasteiger partial charge in [-0.2, -0.15) is 0 Å². The molecule has 0 aromatic carbocycles. The van der Waals surface area contributed by atoms with Gasteiger partial charge in [0, 0.05) is 6.61 Å². The van der Waals surface area contributed by atoms with E-state index >= 15 is 0 Å². The van der Waals surface area contributed by atoms with Crippen molar-refractivity contribution in [3.05, 3.63) is 0 Å². The van der Waals surface area contributed by atoms with Crippen LogP contribution in [0.1, 0.15) is 39.5 Å². The van der Waals surface area contributed by atoms with E-state index in [4.69, 9.17) is 4.74 Å². The highest BCUT2D eigenvalue weighted by Gasteiger charge is 2.19. The van der Waals surface area contributed by atoms with Crippen molar-refractivity contribution in [1.29, 1.82) is 0 Å². The molecule has 0 radical (unpaired) electrons. The minimum Gasteiger partial charge on any atom is -0.378 e. The summed E-state index contributed by atoms with van der Waals surface area (Å²) in [6, 6.07) is 0. The summed E-state index contributed by atoms with van der Waals surface area (Å²) in [5.41, 5.74) is 0. The molecule has 1 saturated heterocycles. The summed E-state index contributed by atoms with van der Waals surface area (Å²) < 4.78 is 5.79. The average molecular weight is 185 g/mol. The highest BCUT2D eigenvalue weighted by Crippen LogP contribution is 2.18. The molecule has 1 rings (SSSR count). The first-order valence-electron chi connectivity index (χ1n) is 5.67. The number of hydrogen-bond donors (Lipinski definition) is 1. The van der Waals surface area contributed by atoms with Crippen LogP contribution in [0.15, 0.2) is 0 Å². The second-order valence-corrected chi connectivity index (χ2v) is 4.02. The van der Waals surface area contributed by atoms with Gasteiger partial charge in [-0.3, -0.25) is 0 Å². The van der Waals surface area contributed by atoms with Crippen molar-refractivity contribution >= 4 is 0 Å². The average Bonchev–Trinajstić information content (AvgIpc) is 2.19. The smallest absolute Gasteiger partial charge is 0.0576 e. The summed E-state index contributed by atoms with van der Waals surface area (Å²) in [4.78, 5) is 0. The molecule has 78 valence electrons. The lowest BCUT2D eigenvalue weighted by atomic mass is 9.93. The van der Waals surface area contributed by atoms with E-state index < -0.39 is 0 Å². The first kappa shape index (κ1) is 11.0. The molecule has 0 spiro atoms. The molecule has 2 nitrogen and oxygen atoms in total. The molecule has 0 saturated carbocycles. The number of rotatable bonds is 5. The van der Waals surface area contributed by atoms with E-state index in [-0.39, 0.29) is 0 Å². The van der Waals surface area contributed by atoms with Gasteiger partial charge in [-0.25, -0.2) is 0 Å². The second kappa shape index (κ2) is 6.39. The molecular formula is C11H23NO. The number of unbranched alkanes of at least 4 members (excludes halogenated alkanes) is 1. The van der Waals surface area contributed by atoms with E-state index in [1.807, 2.05) is 0 Å². The van der Waals surface area contributed by atoms with Gasteiger partial charge in [-0.05, 0) is 45.2 Å². The van der Waals surface area contributed by atoms with Crippen LogP contribution in [0.5, 0.6) is 0 Å². The summed E-state index contributed by atoms with van der Waals surface area (Å²) in [5, 5.41) is 3.38. The molecule has 1 atom stereocenters. The van der Waals surface area contributed by atoms with Crippen LogP contribution in [0, 0.1) is 5.92 Å². The van der Waals surface area contributed by atoms with Crippen molar-refractivity contribution in [2.75, 3.05) is 19.7 Å². The summed E-state index contributed by atoms with van der Waals surface area (Å²) in [6.45, 7) is 7.73. The van der Waals surface area contributed by atoms with Gasteiger partial charge in [-0.15, -0.1) is 0 Å². The number of hydrogen-bond acceptors (Lipinski definition) is 2. The van der Waals surface area contributed by atoms with Crippen LogP contribution in [-0.4, -0.2) is 25.8 Å². The monoisotopic (exact) mass is 185 g/mol. The van der Waals surface area contributed by atoms with Crippen molar-refractivity contribution < 1.29 is 4.74 Å². The lowest BCUT2D eigenvalue weighted by Gasteiger charge is -2.28. The molecule has 1 fully saturated rings. The van der Waals surface area contributed by atoms with E-state index in [0.29, 0.717) is 6.10 Å². The normalized spacial score (nSPS) is 21.7. The van der Waals surface area contributed by atoms with E-state index in [1.165, 1.54) is 38.8 Å². The molecular weight excluding hydrogens is 162 g/mol. The molecule has 1 aliphatic rings. The fraction of sp³-hybridized carbons (Fsp3) is 1.00. The minimum absolute atomic E-state index is 0.466. The SMILES string of the molecule is CCCCOC(C)C1CCNCC1. The van der Waals surface area contributed by atoms with Crippen LogP contribution in [-0.2, 0) is 4.74 Å². The first-order valence-corrected chi connectivity index (χ1v) is 5.67. The highest BCUT2D eigenvalue weighted by atomic mass is 16.5. The van der Waals surface area contributed by atoms with Gasteiger partial charge in [0.1, 0.15) is 0 Å². The lowest BCUT2D eigenvalue weighted by molar-refractivity contribution is 0.0138. The van der Waals surface area contributed by atoms with Gasteiger partial charge in [0.05, 0.1) is 6.10 Å². The third kappa shape index (κ3) is 4.10. The molecule has 0 bridgehead atoms. The summed E-state index contributed by atoms with van der Waals surface area (Å²) >= 11 is 0. The van der Waals surface area contributed by atoms with Crippen molar-refractivity contribution in [2.24, 2.45) is 5.92 Å². The molecule has 13 heavy (non-hydrogen) atoms. The van der Waals surface area contributed by atoms with Crippen molar-refractivity contribution in [3.63, 3.8) is 0 Å². The maximum atomic E-state index is 5.79. The van der Waals surface area contributed by atoms with Crippen molar-refractivity contribution in [2.45, 2.75) is 45.6 Å². The number of nitrogens with one attached hydrogen (secondary N) is 1. The fourth-order valence-electron chi connectivity index (χ4n) is 1.86. The van der Waals surface area contributed by atoms with Crippen molar-refractivity contribution in [3.8, 4) is 0 Å². The molecule has 0 amide bonds. The van der Waals surface area contributed by atoms with Gasteiger partial charge in [0.15, 0.2) is 0 Å². The molecule has 2 heteroatoms. The van der Waals surface area contributed by atoms with Crippen LogP contribution in [0.2, 0.25) is 0 Å². The van der Waals surface area contributed by atoms with Crippen LogP contribution >= 0.6 is 0 Å². The topological polar surface area (TPSA) is 21.3 Å². The Morgan fingerprint density at radius 3 is 2.69 bits per heavy atom. The molecule has 1 unspecified atom stereocenters. The standard InChI is InChI=1S/C11H23NO/c1-3-4-9-13-10(2)11-5-7-12-8-6-11/h10-12H,3-9H2,1-2H3. The quantitative estimate of drug-likeness (QED) is 0.663. The molecule has 0 aliphatic carbocycles. The van der Waals surface area contributed by atoms with Gasteiger partial charge < -0.3 is 10.1 Å². The van der Waals surface area contributed by atoms with Crippen LogP contribution < -0.4 is 5.32 Å². The van der Waals surface area contributed by atoms with Gasteiger partial charge in [0.2, 0.25) is 0 Å². The Morgan fingerprint density at radius 1 is 1.38 bits per heavy atom. The van der Waals surface area contributed by atoms with E-state index in [2.05, 4.69) is 19.2 Å². The van der Waals surface area contributed by atoms with Crippen LogP contribution in [0.4, 0.5) is 0 Å². The Hall–Kier alpha value is -0.0800. The minimum atomic E-state index is 0.466. The third-order valence-electron chi connectivity index (χ3n) is 2.93. The zero-order chi connectivity index (χ0) is 9.52. The Balaban J connectivity index is 2.09. The zero-order valence-corrected chi connectivity index (χ0v) is 9.01. The Labute approximate surface area is 82.0 Å². The number of piperidine rings is 1. The molecule has 0 aromatic heterocycles. The predicted octanol–water partition coefficient (Wildman–Crippen LogP) is 2.19. The maximum absolute atomic E-state index is 5.79. The zero-order valence-electron chi connectivity index (χ0n) is 9.01. The lowest BCUT2D eigenvalue weighted by Crippen LogP contribution is -2.34. The van der Waals surface area contributed by atoms with Gasteiger partial charge >= 0.3 is 0 Å². The number of ether oxygens (including phenoxy) is 1. The van der Waals surface area contributed by atoms with Crippen molar-refractivity contribution in [1.82, 2.24) is 5.32 Å². The predicted molar refractivity (Wildman–Crippen MR) is 55.9 cm³/mol. The highest BCUT2D eigenvalue weighted by molar-refractivity contribution is 4.73. The van der Waals surface area contributed by atoms with E-state index in [0.717, 1.165) is 12.5 Å². The van der Waals surface area contributed by atoms with E-state index in [1.54, 1.807) is 0 Å². The molecule has 1 N–H and O–H groups in total. The maximum Gasteiger partial charge on any atom is 0.0576 e. The second-order valence-electron chi connectivity index (χ2n) is 4.02. The summed E-state index contributed by atoms with van der Waals surface area (Å²) in [7, 11) is 0. The Kier molecular flexibility index (Phi) is 5.40. The van der Waals surface area contributed by atoms with Gasteiger partial charge in [0.25, 0.3) is 0 Å². The third-order valence-corrected chi connectivity index (χ3v) is 2.93. The van der Waals surface area contributed by atoms with Crippen LogP contribution in [0.25, 0.3) is 0 Å².